The summed E-state index contributed by atoms with van der Waals surface area (Å²) in [6.07, 6.45) is 0.836. The molecule has 3 heterocycles. The summed E-state index contributed by atoms with van der Waals surface area (Å²) in [6, 6.07) is 1.67. The van der Waals surface area contributed by atoms with E-state index in [4.69, 9.17) is 20.8 Å². The number of anilines is 1. The van der Waals surface area contributed by atoms with E-state index in [2.05, 4.69) is 46.0 Å². The van der Waals surface area contributed by atoms with E-state index in [1.165, 1.54) is 0 Å². The standard InChI is InChI=1S/C21H29N7O3/c1-6-28-15-10-16(30-11-13(22)9-12(2)3)24-14(7-8-21(4,5)29)17(15)25-20(28)18-19(23)27-31-26-18/h10,12-13,29H,6,9,11,22H2,1-5H3,(H2,23,27)/t13-/m0/s1. The van der Waals surface area contributed by atoms with E-state index >= 15 is 0 Å². The number of nitrogen functional groups attached to an aromatic ring is 1. The molecule has 0 aromatic carbocycles. The molecule has 10 nitrogen and oxygen atoms in total. The van der Waals surface area contributed by atoms with Gasteiger partial charge in [0.1, 0.15) is 23.4 Å². The Morgan fingerprint density at radius 3 is 2.61 bits per heavy atom. The molecule has 0 saturated heterocycles. The maximum atomic E-state index is 10.1. The molecule has 0 bridgehead atoms. The van der Waals surface area contributed by atoms with E-state index in [1.54, 1.807) is 19.9 Å². The van der Waals surface area contributed by atoms with Crippen LogP contribution in [-0.2, 0) is 6.54 Å². The summed E-state index contributed by atoms with van der Waals surface area (Å²) in [6.45, 7) is 10.3. The molecule has 0 saturated carbocycles. The number of aryl methyl sites for hydroxylation is 1. The van der Waals surface area contributed by atoms with Crippen LogP contribution < -0.4 is 16.2 Å². The zero-order valence-electron chi connectivity index (χ0n) is 18.5. The Balaban J connectivity index is 2.12. The van der Waals surface area contributed by atoms with Gasteiger partial charge >= 0.3 is 0 Å². The first-order valence-corrected chi connectivity index (χ1v) is 10.2. The lowest BCUT2D eigenvalue weighted by atomic mass is 10.1. The highest BCUT2D eigenvalue weighted by atomic mass is 16.6. The van der Waals surface area contributed by atoms with Gasteiger partial charge in [-0.2, -0.15) is 0 Å². The minimum absolute atomic E-state index is 0.115. The van der Waals surface area contributed by atoms with Crippen molar-refractivity contribution in [2.75, 3.05) is 12.3 Å². The van der Waals surface area contributed by atoms with Gasteiger partial charge in [0.05, 0.1) is 5.52 Å². The molecule has 0 aliphatic rings. The van der Waals surface area contributed by atoms with E-state index in [-0.39, 0.29) is 11.9 Å². The average molecular weight is 428 g/mol. The van der Waals surface area contributed by atoms with Gasteiger partial charge in [0.25, 0.3) is 0 Å². The van der Waals surface area contributed by atoms with Gasteiger partial charge in [-0.15, -0.1) is 0 Å². The first-order valence-electron chi connectivity index (χ1n) is 10.2. The molecule has 166 valence electrons. The molecule has 0 spiro atoms. The molecule has 3 aromatic rings. The van der Waals surface area contributed by atoms with Crippen molar-refractivity contribution >= 4 is 16.9 Å². The van der Waals surface area contributed by atoms with Crippen molar-refractivity contribution in [3.8, 4) is 29.2 Å². The highest BCUT2D eigenvalue weighted by Gasteiger charge is 2.22. The molecular formula is C21H29N7O3. The van der Waals surface area contributed by atoms with E-state index in [0.29, 0.717) is 47.7 Å². The van der Waals surface area contributed by atoms with Crippen LogP contribution in [0.2, 0.25) is 0 Å². The third kappa shape index (κ3) is 5.31. The molecule has 0 fully saturated rings. The Bertz CT molecular complexity index is 1120. The Kier molecular flexibility index (Phi) is 6.48. The van der Waals surface area contributed by atoms with E-state index in [1.807, 2.05) is 11.5 Å². The van der Waals surface area contributed by atoms with Gasteiger partial charge in [0, 0.05) is 18.7 Å². The fourth-order valence-corrected chi connectivity index (χ4v) is 3.19. The molecule has 0 aliphatic carbocycles. The van der Waals surface area contributed by atoms with Gasteiger partial charge in [-0.05, 0) is 49.3 Å². The Labute approximate surface area is 180 Å². The lowest BCUT2D eigenvalue weighted by molar-refractivity contribution is 0.143. The molecule has 3 rings (SSSR count). The summed E-state index contributed by atoms with van der Waals surface area (Å²) in [5.41, 5.74) is 12.8. The first kappa shape index (κ1) is 22.5. The number of hydrogen-bond donors (Lipinski definition) is 3. The number of fused-ring (bicyclic) bond motifs is 1. The Morgan fingerprint density at radius 2 is 2.03 bits per heavy atom. The van der Waals surface area contributed by atoms with Crippen LogP contribution in [-0.4, -0.2) is 48.2 Å². The monoisotopic (exact) mass is 427 g/mol. The third-order valence-corrected chi connectivity index (χ3v) is 4.46. The topological polar surface area (TPSA) is 151 Å². The minimum Gasteiger partial charge on any atom is -0.476 e. The van der Waals surface area contributed by atoms with Crippen LogP contribution in [0.25, 0.3) is 22.6 Å². The number of nitrogens with zero attached hydrogens (tertiary/aromatic N) is 5. The molecule has 5 N–H and O–H groups in total. The largest absolute Gasteiger partial charge is 0.476 e. The predicted octanol–water partition coefficient (Wildman–Crippen LogP) is 1.96. The van der Waals surface area contributed by atoms with E-state index in [0.717, 1.165) is 11.9 Å². The van der Waals surface area contributed by atoms with Crippen LogP contribution in [0.1, 0.15) is 46.7 Å². The minimum atomic E-state index is -1.19. The fourth-order valence-electron chi connectivity index (χ4n) is 3.19. The number of nitrogens with two attached hydrogens (primary N) is 2. The van der Waals surface area contributed by atoms with Crippen molar-refractivity contribution in [3.05, 3.63) is 11.8 Å². The molecule has 0 aliphatic heterocycles. The summed E-state index contributed by atoms with van der Waals surface area (Å²) in [7, 11) is 0. The number of imidazole rings is 1. The second-order valence-corrected chi connectivity index (χ2v) is 8.36. The quantitative estimate of drug-likeness (QED) is 0.480. The van der Waals surface area contributed by atoms with Crippen LogP contribution in [0.4, 0.5) is 5.82 Å². The van der Waals surface area contributed by atoms with Gasteiger partial charge in [-0.3, -0.25) is 0 Å². The van der Waals surface area contributed by atoms with Gasteiger partial charge < -0.3 is 25.9 Å². The van der Waals surface area contributed by atoms with Crippen LogP contribution in [0.5, 0.6) is 5.88 Å². The summed E-state index contributed by atoms with van der Waals surface area (Å²) in [4.78, 5) is 9.18. The van der Waals surface area contributed by atoms with Crippen molar-refractivity contribution in [3.63, 3.8) is 0 Å². The lowest BCUT2D eigenvalue weighted by Crippen LogP contribution is -2.29. The molecule has 0 unspecified atom stereocenters. The highest BCUT2D eigenvalue weighted by molar-refractivity contribution is 5.86. The zero-order valence-corrected chi connectivity index (χ0v) is 18.5. The van der Waals surface area contributed by atoms with Crippen LogP contribution in [0, 0.1) is 17.8 Å². The zero-order chi connectivity index (χ0) is 22.8. The van der Waals surface area contributed by atoms with Crippen LogP contribution >= 0.6 is 0 Å². The summed E-state index contributed by atoms with van der Waals surface area (Å²) < 4.78 is 12.5. The number of pyridine rings is 1. The van der Waals surface area contributed by atoms with Gasteiger partial charge in [-0.1, -0.05) is 19.8 Å². The summed E-state index contributed by atoms with van der Waals surface area (Å²) in [5, 5.41) is 17.6. The summed E-state index contributed by atoms with van der Waals surface area (Å²) in [5.74, 6) is 7.17. The van der Waals surface area contributed by atoms with Gasteiger partial charge in [0.2, 0.25) is 5.88 Å². The molecule has 3 aromatic heterocycles. The normalized spacial score (nSPS) is 12.8. The number of aliphatic hydroxyl groups is 1. The molecule has 1 atom stereocenters. The van der Waals surface area contributed by atoms with Crippen LogP contribution in [0.15, 0.2) is 10.7 Å². The highest BCUT2D eigenvalue weighted by Crippen LogP contribution is 2.29. The van der Waals surface area contributed by atoms with Gasteiger partial charge in [0.15, 0.2) is 17.3 Å². The van der Waals surface area contributed by atoms with Crippen molar-refractivity contribution in [2.45, 2.75) is 59.2 Å². The second kappa shape index (κ2) is 8.91. The fraction of sp³-hybridized carbons (Fsp3) is 0.524. The molecule has 0 radical (unpaired) electrons. The summed E-state index contributed by atoms with van der Waals surface area (Å²) >= 11 is 0. The van der Waals surface area contributed by atoms with Crippen molar-refractivity contribution in [2.24, 2.45) is 11.7 Å². The van der Waals surface area contributed by atoms with Crippen molar-refractivity contribution in [1.29, 1.82) is 0 Å². The number of aromatic nitrogens is 5. The average Bonchev–Trinajstić information content (AvgIpc) is 3.25. The van der Waals surface area contributed by atoms with Crippen LogP contribution in [0.3, 0.4) is 0 Å². The van der Waals surface area contributed by atoms with Crippen molar-refractivity contribution < 1.29 is 14.5 Å². The third-order valence-electron chi connectivity index (χ3n) is 4.46. The maximum Gasteiger partial charge on any atom is 0.216 e. The lowest BCUT2D eigenvalue weighted by Gasteiger charge is -2.15. The maximum absolute atomic E-state index is 10.1. The smallest absolute Gasteiger partial charge is 0.216 e. The van der Waals surface area contributed by atoms with E-state index < -0.39 is 5.60 Å². The Morgan fingerprint density at radius 1 is 1.29 bits per heavy atom. The number of ether oxygens (including phenoxy) is 1. The molecular weight excluding hydrogens is 398 g/mol. The van der Waals surface area contributed by atoms with E-state index in [9.17, 15) is 5.11 Å². The molecule has 31 heavy (non-hydrogen) atoms. The first-order chi connectivity index (χ1) is 14.6. The molecule has 10 heteroatoms. The Hall–Kier alpha value is -3.16. The predicted molar refractivity (Wildman–Crippen MR) is 117 cm³/mol. The number of hydrogen-bond acceptors (Lipinski definition) is 9. The van der Waals surface area contributed by atoms with Crippen molar-refractivity contribution in [1.82, 2.24) is 24.8 Å². The number of rotatable bonds is 7. The van der Waals surface area contributed by atoms with Gasteiger partial charge in [-0.25, -0.2) is 14.6 Å². The second-order valence-electron chi connectivity index (χ2n) is 8.36. The molecule has 0 amide bonds. The SMILES string of the molecule is CCn1c(-c2nonc2N)nc2c(C#CC(C)(C)O)nc(OC[C@@H](N)CC(C)C)cc21.